The van der Waals surface area contributed by atoms with Crippen molar-refractivity contribution in [1.82, 2.24) is 9.97 Å². The molecule has 1 saturated carbocycles. The molecule has 0 bridgehead atoms. The maximum Gasteiger partial charge on any atom is 0.132 e. The Kier molecular flexibility index (Phi) is 2.20. The number of hydrogen-bond donors (Lipinski definition) is 1. The first-order valence-corrected chi connectivity index (χ1v) is 6.12. The van der Waals surface area contributed by atoms with Gasteiger partial charge < -0.3 is 5.73 Å². The standard InChI is InChI=1S/C14H17N3/c1-14(2,15)12-10-5-3-4-6-11(10)16-13(17-12)9-7-8-9/h3-6,9H,7-8,15H2,1-2H3. The van der Waals surface area contributed by atoms with Gasteiger partial charge in [0.25, 0.3) is 0 Å². The minimum Gasteiger partial charge on any atom is -0.321 e. The van der Waals surface area contributed by atoms with Gasteiger partial charge in [-0.1, -0.05) is 18.2 Å². The number of benzene rings is 1. The van der Waals surface area contributed by atoms with Gasteiger partial charge in [-0.25, -0.2) is 9.97 Å². The third-order valence-electron chi connectivity index (χ3n) is 3.17. The molecule has 0 atom stereocenters. The van der Waals surface area contributed by atoms with Gasteiger partial charge in [0, 0.05) is 11.3 Å². The van der Waals surface area contributed by atoms with Crippen molar-refractivity contribution in [2.75, 3.05) is 0 Å². The molecule has 17 heavy (non-hydrogen) atoms. The predicted molar refractivity (Wildman–Crippen MR) is 68.7 cm³/mol. The molecule has 1 fully saturated rings. The fourth-order valence-corrected chi connectivity index (χ4v) is 2.11. The van der Waals surface area contributed by atoms with Gasteiger partial charge in [-0.2, -0.15) is 0 Å². The molecule has 2 N–H and O–H groups in total. The number of hydrogen-bond acceptors (Lipinski definition) is 3. The minimum absolute atomic E-state index is 0.424. The number of nitrogens with zero attached hydrogens (tertiary/aromatic N) is 2. The van der Waals surface area contributed by atoms with Gasteiger partial charge in [0.05, 0.1) is 16.7 Å². The molecule has 3 rings (SSSR count). The van der Waals surface area contributed by atoms with Gasteiger partial charge in [0.1, 0.15) is 5.82 Å². The lowest BCUT2D eigenvalue weighted by atomic mass is 9.97. The van der Waals surface area contributed by atoms with Crippen LogP contribution in [0, 0.1) is 0 Å². The van der Waals surface area contributed by atoms with Crippen LogP contribution in [-0.2, 0) is 5.54 Å². The SMILES string of the molecule is CC(C)(N)c1nc(C2CC2)nc2ccccc12. The highest BCUT2D eigenvalue weighted by atomic mass is 14.9. The monoisotopic (exact) mass is 227 g/mol. The van der Waals surface area contributed by atoms with Crippen LogP contribution in [0.25, 0.3) is 10.9 Å². The van der Waals surface area contributed by atoms with Gasteiger partial charge in [-0.05, 0) is 32.8 Å². The highest BCUT2D eigenvalue weighted by Gasteiger charge is 2.29. The quantitative estimate of drug-likeness (QED) is 0.858. The molecule has 2 aromatic rings. The molecule has 3 heteroatoms. The Morgan fingerprint density at radius 1 is 1.18 bits per heavy atom. The fourth-order valence-electron chi connectivity index (χ4n) is 2.11. The van der Waals surface area contributed by atoms with Crippen molar-refractivity contribution in [3.8, 4) is 0 Å². The third kappa shape index (κ3) is 1.91. The van der Waals surface area contributed by atoms with E-state index in [0.717, 1.165) is 22.4 Å². The van der Waals surface area contributed by atoms with Crippen LogP contribution in [-0.4, -0.2) is 9.97 Å². The normalized spacial score (nSPS) is 16.4. The Labute approximate surface area is 101 Å². The van der Waals surface area contributed by atoms with Crippen molar-refractivity contribution in [2.45, 2.75) is 38.1 Å². The van der Waals surface area contributed by atoms with E-state index < -0.39 is 5.54 Å². The number of nitrogens with two attached hydrogens (primary N) is 1. The predicted octanol–water partition coefficient (Wildman–Crippen LogP) is 2.70. The summed E-state index contributed by atoms with van der Waals surface area (Å²) in [4.78, 5) is 9.34. The first-order chi connectivity index (χ1) is 8.05. The Bertz CT molecular complexity index is 565. The van der Waals surface area contributed by atoms with Gasteiger partial charge in [-0.3, -0.25) is 0 Å². The van der Waals surface area contributed by atoms with Gasteiger partial charge in [-0.15, -0.1) is 0 Å². The van der Waals surface area contributed by atoms with Crippen LogP contribution < -0.4 is 5.73 Å². The Morgan fingerprint density at radius 2 is 1.88 bits per heavy atom. The van der Waals surface area contributed by atoms with Crippen LogP contribution in [0.15, 0.2) is 24.3 Å². The molecule has 0 saturated heterocycles. The molecule has 3 nitrogen and oxygen atoms in total. The summed E-state index contributed by atoms with van der Waals surface area (Å²) >= 11 is 0. The van der Waals surface area contributed by atoms with E-state index >= 15 is 0 Å². The first kappa shape index (κ1) is 10.7. The largest absolute Gasteiger partial charge is 0.321 e. The highest BCUT2D eigenvalue weighted by molar-refractivity contribution is 5.81. The topological polar surface area (TPSA) is 51.8 Å². The van der Waals surface area contributed by atoms with Gasteiger partial charge >= 0.3 is 0 Å². The molecule has 1 heterocycles. The molecule has 1 aliphatic carbocycles. The molecule has 0 aliphatic heterocycles. The molecule has 0 spiro atoms. The van der Waals surface area contributed by atoms with Crippen molar-refractivity contribution >= 4 is 10.9 Å². The summed E-state index contributed by atoms with van der Waals surface area (Å²) < 4.78 is 0. The highest BCUT2D eigenvalue weighted by Crippen LogP contribution is 2.39. The van der Waals surface area contributed by atoms with E-state index in [-0.39, 0.29) is 0 Å². The molecule has 1 aliphatic rings. The van der Waals surface area contributed by atoms with Crippen LogP contribution in [0.4, 0.5) is 0 Å². The molecule has 0 radical (unpaired) electrons. The lowest BCUT2D eigenvalue weighted by molar-refractivity contribution is 0.536. The van der Waals surface area contributed by atoms with E-state index in [1.807, 2.05) is 32.0 Å². The summed E-state index contributed by atoms with van der Waals surface area (Å²) in [6.07, 6.45) is 2.42. The molecule has 1 aromatic heterocycles. The van der Waals surface area contributed by atoms with Gasteiger partial charge in [0.15, 0.2) is 0 Å². The molecule has 88 valence electrons. The molecule has 0 unspecified atom stereocenters. The Balaban J connectivity index is 2.29. The van der Waals surface area contributed by atoms with E-state index in [0.29, 0.717) is 5.92 Å². The summed E-state index contributed by atoms with van der Waals surface area (Å²) in [7, 11) is 0. The summed E-state index contributed by atoms with van der Waals surface area (Å²) in [5, 5.41) is 1.07. The third-order valence-corrected chi connectivity index (χ3v) is 3.17. The van der Waals surface area contributed by atoms with E-state index in [1.165, 1.54) is 12.8 Å². The van der Waals surface area contributed by atoms with E-state index in [2.05, 4.69) is 11.1 Å². The smallest absolute Gasteiger partial charge is 0.132 e. The molecule has 1 aromatic carbocycles. The van der Waals surface area contributed by atoms with Crippen LogP contribution in [0.2, 0.25) is 0 Å². The first-order valence-electron chi connectivity index (χ1n) is 6.12. The van der Waals surface area contributed by atoms with Crippen molar-refractivity contribution in [2.24, 2.45) is 5.73 Å². The Hall–Kier alpha value is -1.48. The summed E-state index contributed by atoms with van der Waals surface area (Å²) in [6, 6.07) is 8.12. The second kappa shape index (κ2) is 3.50. The zero-order valence-electron chi connectivity index (χ0n) is 10.3. The van der Waals surface area contributed by atoms with E-state index in [1.54, 1.807) is 0 Å². The zero-order valence-corrected chi connectivity index (χ0v) is 10.3. The second-order valence-electron chi connectivity index (χ2n) is 5.44. The zero-order chi connectivity index (χ0) is 12.0. The molecular formula is C14H17N3. The van der Waals surface area contributed by atoms with Crippen molar-refractivity contribution in [3.63, 3.8) is 0 Å². The number of aromatic nitrogens is 2. The summed E-state index contributed by atoms with van der Waals surface area (Å²) in [5.74, 6) is 1.53. The average Bonchev–Trinajstić information content (AvgIpc) is 3.10. The lowest BCUT2D eigenvalue weighted by Crippen LogP contribution is -2.30. The van der Waals surface area contributed by atoms with E-state index in [4.69, 9.17) is 10.7 Å². The van der Waals surface area contributed by atoms with Crippen molar-refractivity contribution < 1.29 is 0 Å². The molecule has 0 amide bonds. The van der Waals surface area contributed by atoms with Crippen LogP contribution in [0.3, 0.4) is 0 Å². The fraction of sp³-hybridized carbons (Fsp3) is 0.429. The number of para-hydroxylation sites is 1. The van der Waals surface area contributed by atoms with Gasteiger partial charge in [0.2, 0.25) is 0 Å². The van der Waals surface area contributed by atoms with E-state index in [9.17, 15) is 0 Å². The van der Waals surface area contributed by atoms with Crippen LogP contribution >= 0.6 is 0 Å². The minimum atomic E-state index is -0.424. The Morgan fingerprint density at radius 3 is 2.53 bits per heavy atom. The second-order valence-corrected chi connectivity index (χ2v) is 5.44. The van der Waals surface area contributed by atoms with Crippen molar-refractivity contribution in [1.29, 1.82) is 0 Å². The lowest BCUT2D eigenvalue weighted by Gasteiger charge is -2.20. The number of rotatable bonds is 2. The van der Waals surface area contributed by atoms with Crippen LogP contribution in [0.5, 0.6) is 0 Å². The summed E-state index contributed by atoms with van der Waals surface area (Å²) in [6.45, 7) is 4.00. The van der Waals surface area contributed by atoms with Crippen molar-refractivity contribution in [3.05, 3.63) is 35.8 Å². The van der Waals surface area contributed by atoms with Crippen LogP contribution in [0.1, 0.15) is 44.1 Å². The maximum absolute atomic E-state index is 6.22. The maximum atomic E-state index is 6.22. The molecular weight excluding hydrogens is 210 g/mol. The average molecular weight is 227 g/mol. The summed E-state index contributed by atoms with van der Waals surface area (Å²) in [5.41, 5.74) is 7.77. The number of fused-ring (bicyclic) bond motifs is 1.